The minimum Gasteiger partial charge on any atom is -0.292 e. The van der Waals surface area contributed by atoms with Crippen LogP contribution in [0, 0.1) is 0 Å². The minimum atomic E-state index is -4.46. The van der Waals surface area contributed by atoms with Crippen LogP contribution in [0.2, 0.25) is 0 Å². The first kappa shape index (κ1) is 18.7. The maximum atomic E-state index is 12.7. The second-order valence-corrected chi connectivity index (χ2v) is 5.69. The summed E-state index contributed by atoms with van der Waals surface area (Å²) in [4.78, 5) is 0. The van der Waals surface area contributed by atoms with Gasteiger partial charge < -0.3 is 0 Å². The van der Waals surface area contributed by atoms with Crippen LogP contribution in [0.3, 0.4) is 0 Å². The molecule has 1 rings (SSSR count). The van der Waals surface area contributed by atoms with Gasteiger partial charge in [0.15, 0.2) is 0 Å². The normalized spacial score (nSPS) is 13.3. The molecule has 0 bridgehead atoms. The molecule has 0 saturated heterocycles. The SMILES string of the molecule is CCOP(=O)(OCC)ON=C(C)c1cccc(C(F)(F)F)c1. The van der Waals surface area contributed by atoms with Crippen molar-refractivity contribution in [3.8, 4) is 0 Å². The van der Waals surface area contributed by atoms with Crippen molar-refractivity contribution in [1.29, 1.82) is 0 Å². The molecule has 0 amide bonds. The second-order valence-electron chi connectivity index (χ2n) is 4.12. The first-order chi connectivity index (χ1) is 10.2. The number of phosphoric acid groups is 1. The fraction of sp³-hybridized carbons (Fsp3) is 0.462. The Labute approximate surface area is 126 Å². The summed E-state index contributed by atoms with van der Waals surface area (Å²) in [6.07, 6.45) is -4.46. The highest BCUT2D eigenvalue weighted by atomic mass is 31.2. The van der Waals surface area contributed by atoms with E-state index in [-0.39, 0.29) is 24.5 Å². The second kappa shape index (κ2) is 7.76. The van der Waals surface area contributed by atoms with Crippen LogP contribution in [0.15, 0.2) is 29.4 Å². The van der Waals surface area contributed by atoms with Crippen molar-refractivity contribution in [2.45, 2.75) is 26.9 Å². The fourth-order valence-electron chi connectivity index (χ4n) is 1.49. The van der Waals surface area contributed by atoms with Gasteiger partial charge in [-0.2, -0.15) is 13.2 Å². The van der Waals surface area contributed by atoms with Gasteiger partial charge in [0.1, 0.15) is 0 Å². The zero-order chi connectivity index (χ0) is 16.8. The summed E-state index contributed by atoms with van der Waals surface area (Å²) in [6.45, 7) is 4.78. The van der Waals surface area contributed by atoms with Crippen LogP contribution < -0.4 is 0 Å². The number of benzene rings is 1. The average Bonchev–Trinajstić information content (AvgIpc) is 2.45. The lowest BCUT2D eigenvalue weighted by atomic mass is 10.1. The summed E-state index contributed by atoms with van der Waals surface area (Å²) in [5.74, 6) is 0. The Balaban J connectivity index is 2.95. The molecule has 0 spiro atoms. The van der Waals surface area contributed by atoms with E-state index >= 15 is 0 Å². The topological polar surface area (TPSA) is 57.1 Å². The predicted molar refractivity (Wildman–Crippen MR) is 75.6 cm³/mol. The molecule has 0 unspecified atom stereocenters. The van der Waals surface area contributed by atoms with Crippen LogP contribution in [0.25, 0.3) is 0 Å². The molecule has 0 aromatic heterocycles. The van der Waals surface area contributed by atoms with E-state index in [0.29, 0.717) is 0 Å². The Bertz CT molecular complexity index is 565. The van der Waals surface area contributed by atoms with E-state index in [1.165, 1.54) is 19.1 Å². The van der Waals surface area contributed by atoms with Crippen LogP contribution in [-0.4, -0.2) is 18.9 Å². The van der Waals surface area contributed by atoms with E-state index in [0.717, 1.165) is 12.1 Å². The summed E-state index contributed by atoms with van der Waals surface area (Å²) in [5.41, 5.74) is -0.502. The number of oxime groups is 1. The molecule has 0 N–H and O–H groups in total. The van der Waals surface area contributed by atoms with Crippen LogP contribution in [0.1, 0.15) is 31.9 Å². The standard InChI is InChI=1S/C13H17F3NO4P/c1-4-19-22(18,20-5-2)21-17-10(3)11-7-6-8-12(9-11)13(14,15)16/h6-9H,4-5H2,1-3H3. The van der Waals surface area contributed by atoms with Crippen LogP contribution >= 0.6 is 7.82 Å². The van der Waals surface area contributed by atoms with E-state index in [1.54, 1.807) is 13.8 Å². The van der Waals surface area contributed by atoms with Crippen LogP contribution in [0.4, 0.5) is 13.2 Å². The Morgan fingerprint density at radius 1 is 1.23 bits per heavy atom. The van der Waals surface area contributed by atoms with Gasteiger partial charge in [0.25, 0.3) is 0 Å². The van der Waals surface area contributed by atoms with Crippen LogP contribution in [-0.2, 0) is 24.4 Å². The summed E-state index contributed by atoms with van der Waals surface area (Å²) in [6, 6.07) is 4.56. The van der Waals surface area contributed by atoms with E-state index in [4.69, 9.17) is 13.7 Å². The van der Waals surface area contributed by atoms with Gasteiger partial charge in [-0.1, -0.05) is 17.3 Å². The number of hydrogen-bond donors (Lipinski definition) is 0. The van der Waals surface area contributed by atoms with Crippen molar-refractivity contribution in [2.75, 3.05) is 13.2 Å². The minimum absolute atomic E-state index is 0.0788. The molecular weight excluding hydrogens is 322 g/mol. The molecule has 0 aliphatic heterocycles. The van der Waals surface area contributed by atoms with Crippen molar-refractivity contribution in [3.05, 3.63) is 35.4 Å². The Morgan fingerprint density at radius 2 is 1.82 bits per heavy atom. The highest BCUT2D eigenvalue weighted by Crippen LogP contribution is 2.49. The zero-order valence-electron chi connectivity index (χ0n) is 12.4. The van der Waals surface area contributed by atoms with Crippen molar-refractivity contribution in [1.82, 2.24) is 0 Å². The molecule has 9 heteroatoms. The van der Waals surface area contributed by atoms with Gasteiger partial charge in [0.2, 0.25) is 0 Å². The third-order valence-corrected chi connectivity index (χ3v) is 3.89. The first-order valence-electron chi connectivity index (χ1n) is 6.52. The van der Waals surface area contributed by atoms with Gasteiger partial charge in [-0.05, 0) is 38.5 Å². The van der Waals surface area contributed by atoms with Gasteiger partial charge in [0, 0.05) is 0 Å². The molecule has 0 fully saturated rings. The van der Waals surface area contributed by atoms with Crippen LogP contribution in [0.5, 0.6) is 0 Å². The van der Waals surface area contributed by atoms with E-state index < -0.39 is 19.6 Å². The van der Waals surface area contributed by atoms with E-state index in [1.807, 2.05) is 0 Å². The molecule has 0 aliphatic rings. The number of rotatable bonds is 7. The number of halogens is 3. The fourth-order valence-corrected chi connectivity index (χ4v) is 2.51. The Kier molecular flexibility index (Phi) is 6.59. The maximum Gasteiger partial charge on any atom is 0.550 e. The molecule has 0 aliphatic carbocycles. The monoisotopic (exact) mass is 339 g/mol. The van der Waals surface area contributed by atoms with E-state index in [9.17, 15) is 17.7 Å². The predicted octanol–water partition coefficient (Wildman–Crippen LogP) is 4.63. The molecular formula is C13H17F3NO4P. The van der Waals surface area contributed by atoms with Gasteiger partial charge in [-0.15, -0.1) is 0 Å². The van der Waals surface area contributed by atoms with Gasteiger partial charge >= 0.3 is 14.0 Å². The molecule has 0 atom stereocenters. The largest absolute Gasteiger partial charge is 0.550 e. The lowest BCUT2D eigenvalue weighted by molar-refractivity contribution is -0.137. The summed E-state index contributed by atoms with van der Waals surface area (Å²) in [7, 11) is -3.85. The molecule has 0 saturated carbocycles. The first-order valence-corrected chi connectivity index (χ1v) is 7.98. The smallest absolute Gasteiger partial charge is 0.292 e. The Hall–Kier alpha value is -1.37. The molecule has 1 aromatic rings. The lowest BCUT2D eigenvalue weighted by Crippen LogP contribution is -2.07. The molecule has 0 radical (unpaired) electrons. The number of alkyl halides is 3. The lowest BCUT2D eigenvalue weighted by Gasteiger charge is -2.13. The van der Waals surface area contributed by atoms with Gasteiger partial charge in [0.05, 0.1) is 24.5 Å². The molecule has 22 heavy (non-hydrogen) atoms. The highest BCUT2D eigenvalue weighted by molar-refractivity contribution is 7.48. The number of hydrogen-bond acceptors (Lipinski definition) is 5. The van der Waals surface area contributed by atoms with Crippen molar-refractivity contribution < 1.29 is 31.4 Å². The Morgan fingerprint density at radius 3 is 2.32 bits per heavy atom. The summed E-state index contributed by atoms with van der Waals surface area (Å²) < 4.78 is 64.5. The van der Waals surface area contributed by atoms with Crippen molar-refractivity contribution in [3.63, 3.8) is 0 Å². The summed E-state index contributed by atoms with van der Waals surface area (Å²) >= 11 is 0. The van der Waals surface area contributed by atoms with E-state index in [2.05, 4.69) is 5.16 Å². The molecule has 5 nitrogen and oxygen atoms in total. The quantitative estimate of drug-likeness (QED) is 0.413. The molecule has 124 valence electrons. The maximum absolute atomic E-state index is 12.7. The third-order valence-electron chi connectivity index (χ3n) is 2.46. The molecule has 0 heterocycles. The van der Waals surface area contributed by atoms with Crippen molar-refractivity contribution in [2.24, 2.45) is 5.16 Å². The number of phosphoric ester groups is 1. The van der Waals surface area contributed by atoms with Crippen molar-refractivity contribution >= 4 is 13.5 Å². The number of nitrogens with zero attached hydrogens (tertiary/aromatic N) is 1. The van der Waals surface area contributed by atoms with Gasteiger partial charge in [-0.25, -0.2) is 4.57 Å². The van der Waals surface area contributed by atoms with Gasteiger partial charge in [-0.3, -0.25) is 13.7 Å². The zero-order valence-corrected chi connectivity index (χ0v) is 13.3. The third kappa shape index (κ3) is 5.44. The highest BCUT2D eigenvalue weighted by Gasteiger charge is 2.31. The average molecular weight is 339 g/mol. The molecule has 1 aromatic carbocycles. The summed E-state index contributed by atoms with van der Waals surface area (Å²) in [5, 5.41) is 3.56.